The van der Waals surface area contributed by atoms with Gasteiger partial charge in [0.15, 0.2) is 11.5 Å². The van der Waals surface area contributed by atoms with E-state index in [-0.39, 0.29) is 11.7 Å². The number of carbonyl (C=O) groups excluding carboxylic acids is 1. The number of hydrogen-bond acceptors (Lipinski definition) is 9. The highest BCUT2D eigenvalue weighted by atomic mass is 16.5. The van der Waals surface area contributed by atoms with E-state index in [1.165, 1.54) is 0 Å². The molecule has 2 aliphatic rings. The van der Waals surface area contributed by atoms with Gasteiger partial charge in [-0.25, -0.2) is 9.97 Å². The molecule has 0 atom stereocenters. The minimum Gasteiger partial charge on any atom is -0.450 e. The number of pyridine rings is 1. The second-order valence-corrected chi connectivity index (χ2v) is 8.36. The molecule has 0 radical (unpaired) electrons. The van der Waals surface area contributed by atoms with Crippen molar-refractivity contribution in [3.8, 4) is 5.75 Å². The maximum atomic E-state index is 11.8. The smallest absolute Gasteiger partial charge is 0.290 e. The maximum Gasteiger partial charge on any atom is 0.290 e. The molecule has 10 nitrogen and oxygen atoms in total. The molecular weight excluding hydrogens is 432 g/mol. The first kappa shape index (κ1) is 21.7. The molecule has 0 spiro atoms. The number of hydrogen-bond donors (Lipinski definition) is 3. The number of ether oxygens (including phenoxy) is 1. The molecule has 0 aliphatic carbocycles. The minimum atomic E-state index is -0.360. The van der Waals surface area contributed by atoms with Crippen LogP contribution < -0.4 is 25.6 Å². The van der Waals surface area contributed by atoms with Crippen LogP contribution in [0.15, 0.2) is 55.1 Å². The standard InChI is InChI=1S/C24H26N8O2/c1-15-13-26-24(28-18-5-7-21(25-14-18)32-10-8-31(3)9-11-32)30-22(15)27-17-4-6-20-19(12-17)29-23(33)16(2)34-20/h4-7,12-14H,2,8-11H2,1,3H3,(H,29,33)(H2,26,27,28,30). The molecule has 1 aromatic carbocycles. The Bertz CT molecular complexity index is 1240. The molecule has 5 rings (SSSR count). The van der Waals surface area contributed by atoms with Crippen LogP contribution >= 0.6 is 0 Å². The van der Waals surface area contributed by atoms with Crippen LogP contribution in [0.4, 0.5) is 34.6 Å². The van der Waals surface area contributed by atoms with E-state index in [4.69, 9.17) is 4.74 Å². The number of anilines is 6. The second-order valence-electron chi connectivity index (χ2n) is 8.36. The predicted molar refractivity (Wildman–Crippen MR) is 132 cm³/mol. The molecule has 0 unspecified atom stereocenters. The molecule has 1 saturated heterocycles. The van der Waals surface area contributed by atoms with Crippen LogP contribution in [0.3, 0.4) is 0 Å². The molecular formula is C24H26N8O2. The molecule has 1 amide bonds. The third-order valence-electron chi connectivity index (χ3n) is 5.78. The van der Waals surface area contributed by atoms with Crippen LogP contribution in [-0.2, 0) is 4.79 Å². The van der Waals surface area contributed by atoms with Gasteiger partial charge in [-0.05, 0) is 44.3 Å². The van der Waals surface area contributed by atoms with Gasteiger partial charge >= 0.3 is 0 Å². The lowest BCUT2D eigenvalue weighted by Gasteiger charge is -2.33. The van der Waals surface area contributed by atoms with E-state index < -0.39 is 0 Å². The Morgan fingerprint density at radius 3 is 2.59 bits per heavy atom. The summed E-state index contributed by atoms with van der Waals surface area (Å²) in [7, 11) is 2.14. The lowest BCUT2D eigenvalue weighted by Crippen LogP contribution is -2.44. The highest BCUT2D eigenvalue weighted by Crippen LogP contribution is 2.34. The number of rotatable bonds is 5. The summed E-state index contributed by atoms with van der Waals surface area (Å²) in [5.41, 5.74) is 3.00. The van der Waals surface area contributed by atoms with Crippen molar-refractivity contribution < 1.29 is 9.53 Å². The summed E-state index contributed by atoms with van der Waals surface area (Å²) in [6, 6.07) is 9.40. The van der Waals surface area contributed by atoms with E-state index in [1.54, 1.807) is 24.5 Å². The fourth-order valence-corrected chi connectivity index (χ4v) is 3.74. The van der Waals surface area contributed by atoms with Gasteiger partial charge in [-0.1, -0.05) is 6.58 Å². The number of benzene rings is 1. The summed E-state index contributed by atoms with van der Waals surface area (Å²) in [6.45, 7) is 9.53. The highest BCUT2D eigenvalue weighted by Gasteiger charge is 2.20. The Balaban J connectivity index is 1.28. The molecule has 1 fully saturated rings. The molecule has 4 heterocycles. The van der Waals surface area contributed by atoms with E-state index in [2.05, 4.69) is 54.3 Å². The normalized spacial score (nSPS) is 15.9. The number of aromatic nitrogens is 3. The average Bonchev–Trinajstić information content (AvgIpc) is 2.83. The van der Waals surface area contributed by atoms with Crippen LogP contribution in [0.1, 0.15) is 5.56 Å². The first-order chi connectivity index (χ1) is 16.4. The number of nitrogens with zero attached hydrogens (tertiary/aromatic N) is 5. The van der Waals surface area contributed by atoms with Crippen LogP contribution in [-0.4, -0.2) is 59.0 Å². The van der Waals surface area contributed by atoms with Crippen molar-refractivity contribution in [1.82, 2.24) is 19.9 Å². The number of nitrogens with one attached hydrogen (secondary N) is 3. The number of likely N-dealkylation sites (N-methyl/N-ethyl adjacent to an activating group) is 1. The number of piperazine rings is 1. The van der Waals surface area contributed by atoms with Gasteiger partial charge in [0.05, 0.1) is 17.6 Å². The number of aryl methyl sites for hydroxylation is 1. The highest BCUT2D eigenvalue weighted by molar-refractivity contribution is 6.05. The van der Waals surface area contributed by atoms with E-state index in [1.807, 2.05) is 25.1 Å². The second kappa shape index (κ2) is 8.99. The van der Waals surface area contributed by atoms with Crippen LogP contribution in [0.25, 0.3) is 0 Å². The van der Waals surface area contributed by atoms with E-state index in [9.17, 15) is 4.79 Å². The summed E-state index contributed by atoms with van der Waals surface area (Å²) < 4.78 is 5.43. The molecule has 2 aliphatic heterocycles. The van der Waals surface area contributed by atoms with Crippen molar-refractivity contribution in [2.45, 2.75) is 6.92 Å². The Hall–Kier alpha value is -4.18. The monoisotopic (exact) mass is 458 g/mol. The van der Waals surface area contributed by atoms with E-state index in [0.717, 1.165) is 48.9 Å². The minimum absolute atomic E-state index is 0.0709. The molecule has 0 saturated carbocycles. The SMILES string of the molecule is C=C1Oc2ccc(Nc3nc(Nc4ccc(N5CCN(C)CC5)nc4)ncc3C)cc2NC1=O. The molecule has 3 N–H and O–H groups in total. The summed E-state index contributed by atoms with van der Waals surface area (Å²) in [5.74, 6) is 2.32. The predicted octanol–water partition coefficient (Wildman–Crippen LogP) is 3.26. The number of carbonyl (C=O) groups is 1. The summed E-state index contributed by atoms with van der Waals surface area (Å²) in [6.07, 6.45) is 3.54. The Morgan fingerprint density at radius 1 is 1.03 bits per heavy atom. The Morgan fingerprint density at radius 2 is 1.82 bits per heavy atom. The van der Waals surface area contributed by atoms with E-state index in [0.29, 0.717) is 23.2 Å². The maximum absolute atomic E-state index is 11.8. The lowest BCUT2D eigenvalue weighted by atomic mass is 10.2. The molecule has 0 bridgehead atoms. The van der Waals surface area contributed by atoms with Gasteiger partial charge in [0, 0.05) is 43.6 Å². The van der Waals surface area contributed by atoms with Gasteiger partial charge < -0.3 is 30.5 Å². The third kappa shape index (κ3) is 4.62. The van der Waals surface area contributed by atoms with Crippen molar-refractivity contribution in [2.75, 3.05) is 54.1 Å². The summed E-state index contributed by atoms with van der Waals surface area (Å²) in [5, 5.41) is 9.26. The van der Waals surface area contributed by atoms with Crippen molar-refractivity contribution in [1.29, 1.82) is 0 Å². The van der Waals surface area contributed by atoms with Gasteiger partial charge in [-0.2, -0.15) is 4.98 Å². The average molecular weight is 459 g/mol. The molecule has 34 heavy (non-hydrogen) atoms. The van der Waals surface area contributed by atoms with Crippen molar-refractivity contribution in [3.63, 3.8) is 0 Å². The lowest BCUT2D eigenvalue weighted by molar-refractivity contribution is -0.115. The molecule has 3 aromatic rings. The molecule has 2 aromatic heterocycles. The van der Waals surface area contributed by atoms with Gasteiger partial charge in [-0.15, -0.1) is 0 Å². The van der Waals surface area contributed by atoms with Gasteiger partial charge in [0.25, 0.3) is 5.91 Å². The van der Waals surface area contributed by atoms with Crippen molar-refractivity contribution in [2.24, 2.45) is 0 Å². The zero-order chi connectivity index (χ0) is 23.7. The molecule has 10 heteroatoms. The summed E-state index contributed by atoms with van der Waals surface area (Å²) >= 11 is 0. The van der Waals surface area contributed by atoms with Gasteiger partial charge in [0.2, 0.25) is 5.95 Å². The zero-order valence-electron chi connectivity index (χ0n) is 19.1. The summed E-state index contributed by atoms with van der Waals surface area (Å²) in [4.78, 5) is 30.0. The van der Waals surface area contributed by atoms with Crippen LogP contribution in [0.2, 0.25) is 0 Å². The van der Waals surface area contributed by atoms with Crippen molar-refractivity contribution in [3.05, 3.63) is 60.6 Å². The van der Waals surface area contributed by atoms with Gasteiger partial charge in [0.1, 0.15) is 11.6 Å². The third-order valence-corrected chi connectivity index (χ3v) is 5.78. The quantitative estimate of drug-likeness (QED) is 0.497. The first-order valence-corrected chi connectivity index (χ1v) is 11.0. The first-order valence-electron chi connectivity index (χ1n) is 11.0. The fourth-order valence-electron chi connectivity index (χ4n) is 3.74. The number of fused-ring (bicyclic) bond motifs is 1. The Kier molecular flexibility index (Phi) is 5.72. The van der Waals surface area contributed by atoms with Crippen LogP contribution in [0.5, 0.6) is 5.75 Å². The van der Waals surface area contributed by atoms with E-state index >= 15 is 0 Å². The van der Waals surface area contributed by atoms with Crippen LogP contribution in [0, 0.1) is 6.92 Å². The number of amides is 1. The zero-order valence-corrected chi connectivity index (χ0v) is 19.1. The fraction of sp³-hybridized carbons (Fsp3) is 0.250. The topological polar surface area (TPSA) is 108 Å². The van der Waals surface area contributed by atoms with Gasteiger partial charge in [-0.3, -0.25) is 4.79 Å². The van der Waals surface area contributed by atoms with Crippen molar-refractivity contribution >= 4 is 40.6 Å². The molecule has 174 valence electrons. The Labute approximate surface area is 197 Å². The largest absolute Gasteiger partial charge is 0.450 e.